The van der Waals surface area contributed by atoms with Gasteiger partial charge in [-0.25, -0.2) is 13.2 Å². The molecule has 7 heteroatoms. The molecule has 0 amide bonds. The molecule has 0 aliphatic carbocycles. The zero-order chi connectivity index (χ0) is 18.9. The molecular formula is C19H19NO5S. The monoisotopic (exact) mass is 373 g/mol. The van der Waals surface area contributed by atoms with Crippen molar-refractivity contribution >= 4 is 32.6 Å². The first-order valence-electron chi connectivity index (χ1n) is 8.09. The first kappa shape index (κ1) is 18.0. The standard InChI is InChI=1S/C19H19NO5S/c1-4-16-18(19(21)24-3)15-11-13(7-10-17(15)25-16)20-26(22,23)14-8-5-12(2)6-9-14/h5-11,20H,4H2,1-3H3. The Morgan fingerprint density at radius 3 is 2.46 bits per heavy atom. The Hall–Kier alpha value is -2.80. The van der Waals surface area contributed by atoms with Crippen molar-refractivity contribution in [3.05, 3.63) is 59.4 Å². The van der Waals surface area contributed by atoms with E-state index in [9.17, 15) is 13.2 Å². The highest BCUT2D eigenvalue weighted by Gasteiger charge is 2.21. The number of fused-ring (bicyclic) bond motifs is 1. The number of esters is 1. The lowest BCUT2D eigenvalue weighted by Gasteiger charge is -2.08. The maximum Gasteiger partial charge on any atom is 0.342 e. The molecule has 0 unspecified atom stereocenters. The molecule has 26 heavy (non-hydrogen) atoms. The summed E-state index contributed by atoms with van der Waals surface area (Å²) in [4.78, 5) is 12.3. The van der Waals surface area contributed by atoms with Crippen molar-refractivity contribution < 1.29 is 22.4 Å². The zero-order valence-corrected chi connectivity index (χ0v) is 15.5. The molecule has 0 bridgehead atoms. The molecule has 0 aliphatic rings. The van der Waals surface area contributed by atoms with E-state index in [-0.39, 0.29) is 4.90 Å². The number of rotatable bonds is 5. The summed E-state index contributed by atoms with van der Waals surface area (Å²) < 4.78 is 38.2. The molecule has 136 valence electrons. The Labute approximate surface area is 151 Å². The molecule has 1 heterocycles. The number of nitrogens with one attached hydrogen (secondary N) is 1. The fourth-order valence-electron chi connectivity index (χ4n) is 2.72. The zero-order valence-electron chi connectivity index (χ0n) is 14.7. The van der Waals surface area contributed by atoms with Crippen LogP contribution in [0.2, 0.25) is 0 Å². The Balaban J connectivity index is 2.03. The van der Waals surface area contributed by atoms with Crippen LogP contribution in [0.3, 0.4) is 0 Å². The second-order valence-electron chi connectivity index (χ2n) is 5.87. The van der Waals surface area contributed by atoms with Crippen LogP contribution in [0.1, 0.15) is 28.6 Å². The topological polar surface area (TPSA) is 85.6 Å². The van der Waals surface area contributed by atoms with Crippen LogP contribution in [-0.4, -0.2) is 21.5 Å². The summed E-state index contributed by atoms with van der Waals surface area (Å²) in [6.45, 7) is 3.75. The van der Waals surface area contributed by atoms with Crippen LogP contribution in [0.15, 0.2) is 51.8 Å². The first-order chi connectivity index (χ1) is 12.4. The van der Waals surface area contributed by atoms with E-state index in [4.69, 9.17) is 9.15 Å². The summed E-state index contributed by atoms with van der Waals surface area (Å²) in [7, 11) is -2.44. The van der Waals surface area contributed by atoms with Crippen molar-refractivity contribution in [1.29, 1.82) is 0 Å². The number of anilines is 1. The molecule has 0 saturated heterocycles. The van der Waals surface area contributed by atoms with Gasteiger partial charge in [-0.15, -0.1) is 0 Å². The van der Waals surface area contributed by atoms with Gasteiger partial charge in [0.2, 0.25) is 0 Å². The SMILES string of the molecule is CCc1oc2ccc(NS(=O)(=O)c3ccc(C)cc3)cc2c1C(=O)OC. The van der Waals surface area contributed by atoms with Gasteiger partial charge in [-0.2, -0.15) is 0 Å². The molecule has 3 rings (SSSR count). The highest BCUT2D eigenvalue weighted by molar-refractivity contribution is 7.92. The number of carbonyl (C=O) groups excluding carboxylic acids is 1. The van der Waals surface area contributed by atoms with Crippen LogP contribution in [0.25, 0.3) is 11.0 Å². The van der Waals surface area contributed by atoms with E-state index in [0.717, 1.165) is 5.56 Å². The van der Waals surface area contributed by atoms with Gasteiger partial charge in [0.25, 0.3) is 10.0 Å². The number of benzene rings is 2. The summed E-state index contributed by atoms with van der Waals surface area (Å²) in [6.07, 6.45) is 0.517. The van der Waals surface area contributed by atoms with Crippen molar-refractivity contribution in [3.8, 4) is 0 Å². The summed E-state index contributed by atoms with van der Waals surface area (Å²) in [5.74, 6) is -0.00969. The summed E-state index contributed by atoms with van der Waals surface area (Å²) in [5.41, 5.74) is 2.13. The van der Waals surface area contributed by atoms with Crippen molar-refractivity contribution in [1.82, 2.24) is 0 Å². The molecule has 0 radical (unpaired) electrons. The average Bonchev–Trinajstić information content (AvgIpc) is 2.99. The number of furan rings is 1. The van der Waals surface area contributed by atoms with E-state index in [2.05, 4.69) is 4.72 Å². The number of hydrogen-bond donors (Lipinski definition) is 1. The maximum atomic E-state index is 12.6. The minimum absolute atomic E-state index is 0.165. The predicted molar refractivity (Wildman–Crippen MR) is 98.9 cm³/mol. The van der Waals surface area contributed by atoms with Crippen molar-refractivity contribution in [2.75, 3.05) is 11.8 Å². The molecule has 0 aliphatic heterocycles. The van der Waals surface area contributed by atoms with Crippen LogP contribution in [-0.2, 0) is 21.2 Å². The predicted octanol–water partition coefficient (Wildman–Crippen LogP) is 3.89. The van der Waals surface area contributed by atoms with Crippen molar-refractivity contribution in [2.24, 2.45) is 0 Å². The van der Waals surface area contributed by atoms with E-state index in [0.29, 0.717) is 34.4 Å². The Bertz CT molecular complexity index is 1070. The van der Waals surface area contributed by atoms with Crippen LogP contribution in [0.4, 0.5) is 5.69 Å². The van der Waals surface area contributed by atoms with Gasteiger partial charge >= 0.3 is 5.97 Å². The minimum atomic E-state index is -3.73. The first-order valence-corrected chi connectivity index (χ1v) is 9.57. The Kier molecular flexibility index (Phi) is 4.73. The van der Waals surface area contributed by atoms with E-state index >= 15 is 0 Å². The second kappa shape index (κ2) is 6.84. The van der Waals surface area contributed by atoms with E-state index < -0.39 is 16.0 Å². The normalized spacial score (nSPS) is 11.5. The third kappa shape index (κ3) is 3.30. The molecule has 0 saturated carbocycles. The van der Waals surface area contributed by atoms with Crippen LogP contribution in [0.5, 0.6) is 0 Å². The third-order valence-corrected chi connectivity index (χ3v) is 5.45. The van der Waals surface area contributed by atoms with Gasteiger partial charge in [0, 0.05) is 17.5 Å². The lowest BCUT2D eigenvalue weighted by atomic mass is 10.1. The molecular weight excluding hydrogens is 354 g/mol. The van der Waals surface area contributed by atoms with Crippen LogP contribution in [0, 0.1) is 6.92 Å². The molecule has 2 aromatic carbocycles. The molecule has 6 nitrogen and oxygen atoms in total. The van der Waals surface area contributed by atoms with Gasteiger partial charge in [0.05, 0.1) is 12.0 Å². The largest absolute Gasteiger partial charge is 0.465 e. The fraction of sp³-hybridized carbons (Fsp3) is 0.211. The molecule has 1 aromatic heterocycles. The van der Waals surface area contributed by atoms with Gasteiger partial charge in [-0.05, 0) is 37.3 Å². The molecule has 0 spiro atoms. The van der Waals surface area contributed by atoms with Crippen LogP contribution < -0.4 is 4.72 Å². The highest BCUT2D eigenvalue weighted by Crippen LogP contribution is 2.30. The van der Waals surface area contributed by atoms with E-state index in [1.54, 1.807) is 42.5 Å². The van der Waals surface area contributed by atoms with Crippen molar-refractivity contribution in [2.45, 2.75) is 25.2 Å². The molecule has 1 N–H and O–H groups in total. The molecule has 0 atom stereocenters. The molecule has 0 fully saturated rings. The maximum absolute atomic E-state index is 12.6. The quantitative estimate of drug-likeness (QED) is 0.686. The van der Waals surface area contributed by atoms with Gasteiger partial charge in [-0.1, -0.05) is 24.6 Å². The number of methoxy groups -OCH3 is 1. The van der Waals surface area contributed by atoms with Crippen LogP contribution >= 0.6 is 0 Å². The van der Waals surface area contributed by atoms with Gasteiger partial charge < -0.3 is 9.15 Å². The average molecular weight is 373 g/mol. The summed E-state index contributed by atoms with van der Waals surface area (Å²) in [6, 6.07) is 11.4. The van der Waals surface area contributed by atoms with Gasteiger partial charge in [-0.3, -0.25) is 4.72 Å². The van der Waals surface area contributed by atoms with Crippen molar-refractivity contribution in [3.63, 3.8) is 0 Å². The smallest absolute Gasteiger partial charge is 0.342 e. The lowest BCUT2D eigenvalue weighted by molar-refractivity contribution is 0.0600. The third-order valence-electron chi connectivity index (χ3n) is 4.06. The Morgan fingerprint density at radius 1 is 1.15 bits per heavy atom. The summed E-state index contributed by atoms with van der Waals surface area (Å²) in [5, 5.41) is 0.512. The van der Waals surface area contributed by atoms with Gasteiger partial charge in [0.1, 0.15) is 16.9 Å². The minimum Gasteiger partial charge on any atom is -0.465 e. The second-order valence-corrected chi connectivity index (χ2v) is 7.56. The number of aryl methyl sites for hydroxylation is 2. The van der Waals surface area contributed by atoms with E-state index in [1.807, 2.05) is 13.8 Å². The number of sulfonamides is 1. The molecule has 3 aromatic rings. The number of hydrogen-bond acceptors (Lipinski definition) is 5. The number of carbonyl (C=O) groups is 1. The number of ether oxygens (including phenoxy) is 1. The highest BCUT2D eigenvalue weighted by atomic mass is 32.2. The fourth-order valence-corrected chi connectivity index (χ4v) is 3.77. The lowest BCUT2D eigenvalue weighted by Crippen LogP contribution is -2.12. The van der Waals surface area contributed by atoms with Gasteiger partial charge in [0.15, 0.2) is 0 Å². The summed E-state index contributed by atoms with van der Waals surface area (Å²) >= 11 is 0. The van der Waals surface area contributed by atoms with E-state index in [1.165, 1.54) is 7.11 Å². The Morgan fingerprint density at radius 2 is 1.85 bits per heavy atom.